The molecule has 8 heteroatoms. The molecule has 1 amide bonds. The number of morpholine rings is 1. The normalized spacial score (nSPS) is 13.6. The molecule has 0 atom stereocenters. The van der Waals surface area contributed by atoms with Crippen LogP contribution >= 0.6 is 0 Å². The number of carbonyl (C=O) groups excluding carboxylic acids is 2. The Morgan fingerprint density at radius 1 is 0.971 bits per heavy atom. The molecule has 34 heavy (non-hydrogen) atoms. The lowest BCUT2D eigenvalue weighted by Gasteiger charge is -2.28. The second kappa shape index (κ2) is 9.36. The lowest BCUT2D eigenvalue weighted by Crippen LogP contribution is -2.36. The molecular weight excluding hydrogens is 432 g/mol. The second-order valence-electron chi connectivity index (χ2n) is 7.99. The number of rotatable bonds is 5. The molecule has 0 aliphatic carbocycles. The Morgan fingerprint density at radius 3 is 2.38 bits per heavy atom. The zero-order valence-electron chi connectivity index (χ0n) is 18.7. The van der Waals surface area contributed by atoms with Gasteiger partial charge in [0.05, 0.1) is 36.9 Å². The van der Waals surface area contributed by atoms with Gasteiger partial charge in [-0.25, -0.2) is 9.78 Å². The maximum absolute atomic E-state index is 12.7. The second-order valence-corrected chi connectivity index (χ2v) is 7.99. The van der Waals surface area contributed by atoms with Crippen LogP contribution < -0.4 is 10.2 Å². The molecule has 0 radical (unpaired) electrons. The van der Waals surface area contributed by atoms with Gasteiger partial charge in [-0.2, -0.15) is 0 Å². The van der Waals surface area contributed by atoms with Crippen LogP contribution in [-0.4, -0.2) is 55.3 Å². The molecule has 4 aromatic rings. The number of nitrogens with zero attached hydrogens (tertiary/aromatic N) is 2. The van der Waals surface area contributed by atoms with Crippen LogP contribution in [0.2, 0.25) is 0 Å². The predicted octanol–water partition coefficient (Wildman–Crippen LogP) is 4.11. The van der Waals surface area contributed by atoms with Crippen molar-refractivity contribution >= 4 is 34.3 Å². The SMILES string of the molecule is COC(=O)c1ccc(NC(=O)c2ccc3[nH]c(-c4ccc(N5CCOCC5)cc4)nc3c2)cc1. The van der Waals surface area contributed by atoms with Crippen molar-refractivity contribution in [2.75, 3.05) is 43.6 Å². The van der Waals surface area contributed by atoms with E-state index in [4.69, 9.17) is 14.5 Å². The standard InChI is InChI=1S/C26H24N4O4/c1-33-26(32)18-2-7-20(8-3-18)27-25(31)19-6-11-22-23(16-19)29-24(28-22)17-4-9-21(10-5-17)30-12-14-34-15-13-30/h2-11,16H,12-15H2,1H3,(H,27,31)(H,28,29). The smallest absolute Gasteiger partial charge is 0.337 e. The van der Waals surface area contributed by atoms with E-state index in [0.717, 1.165) is 43.2 Å². The van der Waals surface area contributed by atoms with Gasteiger partial charge in [0.25, 0.3) is 5.91 Å². The van der Waals surface area contributed by atoms with Crippen LogP contribution in [0.25, 0.3) is 22.4 Å². The number of fused-ring (bicyclic) bond motifs is 1. The van der Waals surface area contributed by atoms with Crippen molar-refractivity contribution in [2.24, 2.45) is 0 Å². The largest absolute Gasteiger partial charge is 0.465 e. The zero-order chi connectivity index (χ0) is 23.5. The highest BCUT2D eigenvalue weighted by Crippen LogP contribution is 2.25. The number of methoxy groups -OCH3 is 1. The van der Waals surface area contributed by atoms with Crippen molar-refractivity contribution < 1.29 is 19.1 Å². The molecule has 2 N–H and O–H groups in total. The summed E-state index contributed by atoms with van der Waals surface area (Å²) in [5.41, 5.74) is 5.20. The number of ether oxygens (including phenoxy) is 2. The Labute approximate surface area is 196 Å². The Kier molecular flexibility index (Phi) is 5.97. The number of anilines is 2. The number of aromatic amines is 1. The Hall–Kier alpha value is -4.17. The van der Waals surface area contributed by atoms with Crippen LogP contribution in [0, 0.1) is 0 Å². The van der Waals surface area contributed by atoms with E-state index in [-0.39, 0.29) is 5.91 Å². The van der Waals surface area contributed by atoms with Gasteiger partial charge >= 0.3 is 5.97 Å². The van der Waals surface area contributed by atoms with Crippen LogP contribution in [0.1, 0.15) is 20.7 Å². The van der Waals surface area contributed by atoms with E-state index in [0.29, 0.717) is 22.3 Å². The molecule has 0 saturated carbocycles. The highest BCUT2D eigenvalue weighted by Gasteiger charge is 2.14. The van der Waals surface area contributed by atoms with Gasteiger partial charge in [-0.3, -0.25) is 4.79 Å². The van der Waals surface area contributed by atoms with Crippen molar-refractivity contribution in [3.05, 3.63) is 77.9 Å². The van der Waals surface area contributed by atoms with Crippen LogP contribution in [0.15, 0.2) is 66.7 Å². The summed E-state index contributed by atoms with van der Waals surface area (Å²) in [5, 5.41) is 2.84. The highest BCUT2D eigenvalue weighted by atomic mass is 16.5. The molecule has 172 valence electrons. The quantitative estimate of drug-likeness (QED) is 0.439. The Morgan fingerprint density at radius 2 is 1.68 bits per heavy atom. The third kappa shape index (κ3) is 4.49. The van der Waals surface area contributed by atoms with Crippen molar-refractivity contribution in [3.63, 3.8) is 0 Å². The molecule has 1 saturated heterocycles. The summed E-state index contributed by atoms with van der Waals surface area (Å²) in [6.07, 6.45) is 0. The minimum atomic E-state index is -0.423. The highest BCUT2D eigenvalue weighted by molar-refractivity contribution is 6.06. The number of amides is 1. The average molecular weight is 457 g/mol. The van der Waals surface area contributed by atoms with E-state index in [1.54, 1.807) is 36.4 Å². The summed E-state index contributed by atoms with van der Waals surface area (Å²) in [6.45, 7) is 3.29. The molecular formula is C26H24N4O4. The van der Waals surface area contributed by atoms with Crippen LogP contribution in [-0.2, 0) is 9.47 Å². The summed E-state index contributed by atoms with van der Waals surface area (Å²) < 4.78 is 10.1. The van der Waals surface area contributed by atoms with Gasteiger partial charge < -0.3 is 24.7 Å². The first kappa shape index (κ1) is 21.7. The molecule has 0 bridgehead atoms. The molecule has 1 aromatic heterocycles. The summed E-state index contributed by atoms with van der Waals surface area (Å²) in [7, 11) is 1.33. The molecule has 0 spiro atoms. The number of aromatic nitrogens is 2. The summed E-state index contributed by atoms with van der Waals surface area (Å²) in [4.78, 5) is 34.6. The summed E-state index contributed by atoms with van der Waals surface area (Å²) >= 11 is 0. The summed E-state index contributed by atoms with van der Waals surface area (Å²) in [5.74, 6) is 0.0695. The number of benzene rings is 3. The molecule has 5 rings (SSSR count). The van der Waals surface area contributed by atoms with Gasteiger partial charge in [0.1, 0.15) is 5.82 Å². The molecule has 1 aliphatic rings. The van der Waals surface area contributed by atoms with Crippen LogP contribution in [0.4, 0.5) is 11.4 Å². The van der Waals surface area contributed by atoms with E-state index in [1.807, 2.05) is 18.2 Å². The van der Waals surface area contributed by atoms with Crippen molar-refractivity contribution in [1.29, 1.82) is 0 Å². The molecule has 1 fully saturated rings. The maximum Gasteiger partial charge on any atom is 0.337 e. The minimum Gasteiger partial charge on any atom is -0.465 e. The first-order valence-electron chi connectivity index (χ1n) is 11.0. The number of hydrogen-bond donors (Lipinski definition) is 2. The topological polar surface area (TPSA) is 96.5 Å². The van der Waals surface area contributed by atoms with Crippen molar-refractivity contribution in [1.82, 2.24) is 9.97 Å². The fourth-order valence-electron chi connectivity index (χ4n) is 3.95. The number of nitrogens with one attached hydrogen (secondary N) is 2. The van der Waals surface area contributed by atoms with Gasteiger partial charge in [0, 0.05) is 35.6 Å². The van der Waals surface area contributed by atoms with Crippen LogP contribution in [0.5, 0.6) is 0 Å². The Bertz CT molecular complexity index is 1320. The molecule has 3 aromatic carbocycles. The van der Waals surface area contributed by atoms with E-state index in [9.17, 15) is 9.59 Å². The molecule has 8 nitrogen and oxygen atoms in total. The number of H-pyrrole nitrogens is 1. The van der Waals surface area contributed by atoms with E-state index < -0.39 is 5.97 Å². The molecule has 1 aliphatic heterocycles. The number of hydrogen-bond acceptors (Lipinski definition) is 6. The lowest BCUT2D eigenvalue weighted by atomic mass is 10.1. The lowest BCUT2D eigenvalue weighted by molar-refractivity contribution is 0.0600. The Balaban J connectivity index is 1.31. The molecule has 0 unspecified atom stereocenters. The fourth-order valence-corrected chi connectivity index (χ4v) is 3.95. The number of esters is 1. The maximum atomic E-state index is 12.7. The number of carbonyl (C=O) groups is 2. The third-order valence-electron chi connectivity index (χ3n) is 5.83. The zero-order valence-corrected chi connectivity index (χ0v) is 18.7. The van der Waals surface area contributed by atoms with Gasteiger partial charge in [-0.1, -0.05) is 0 Å². The van der Waals surface area contributed by atoms with Gasteiger partial charge in [-0.05, 0) is 66.7 Å². The number of imidazole rings is 1. The predicted molar refractivity (Wildman–Crippen MR) is 130 cm³/mol. The summed E-state index contributed by atoms with van der Waals surface area (Å²) in [6, 6.07) is 20.2. The third-order valence-corrected chi connectivity index (χ3v) is 5.83. The van der Waals surface area contributed by atoms with Gasteiger partial charge in [0.15, 0.2) is 0 Å². The monoisotopic (exact) mass is 456 g/mol. The average Bonchev–Trinajstić information content (AvgIpc) is 3.33. The molecule has 2 heterocycles. The minimum absolute atomic E-state index is 0.257. The van der Waals surface area contributed by atoms with Gasteiger partial charge in [-0.15, -0.1) is 0 Å². The van der Waals surface area contributed by atoms with E-state index in [1.165, 1.54) is 12.8 Å². The first-order chi connectivity index (χ1) is 16.6. The van der Waals surface area contributed by atoms with E-state index in [2.05, 4.69) is 27.3 Å². The van der Waals surface area contributed by atoms with Crippen LogP contribution in [0.3, 0.4) is 0 Å². The van der Waals surface area contributed by atoms with Crippen molar-refractivity contribution in [2.45, 2.75) is 0 Å². The van der Waals surface area contributed by atoms with E-state index >= 15 is 0 Å². The first-order valence-corrected chi connectivity index (χ1v) is 11.0. The van der Waals surface area contributed by atoms with Gasteiger partial charge in [0.2, 0.25) is 0 Å². The fraction of sp³-hybridized carbons (Fsp3) is 0.192. The van der Waals surface area contributed by atoms with Crippen molar-refractivity contribution in [3.8, 4) is 11.4 Å².